The number of nitro benzene ring substituents is 2. The molecule has 1 aliphatic rings. The Morgan fingerprint density at radius 3 is 2.19 bits per heavy atom. The highest BCUT2D eigenvalue weighted by Crippen LogP contribution is 2.50. The minimum atomic E-state index is -1.72. The van der Waals surface area contributed by atoms with Crippen LogP contribution in [0.5, 0.6) is 0 Å². The first-order valence-electron chi connectivity index (χ1n) is 9.32. The van der Waals surface area contributed by atoms with Crippen LogP contribution in [0, 0.1) is 34.1 Å². The molecule has 0 spiro atoms. The minimum Gasteiger partial charge on any atom is -0.394 e. The average Bonchev–Trinajstić information content (AvgIpc) is 2.72. The van der Waals surface area contributed by atoms with Crippen LogP contribution in [-0.4, -0.2) is 61.7 Å². The van der Waals surface area contributed by atoms with Crippen LogP contribution < -0.4 is 10.2 Å². The van der Waals surface area contributed by atoms with E-state index >= 15 is 0 Å². The van der Waals surface area contributed by atoms with Gasteiger partial charge in [-0.05, 0) is 37.1 Å². The van der Waals surface area contributed by atoms with Gasteiger partial charge in [-0.15, -0.1) is 0 Å². The lowest BCUT2D eigenvalue weighted by Crippen LogP contribution is -2.45. The monoisotopic (exact) mass is 434 g/mol. The maximum atomic E-state index is 11.6. The van der Waals surface area contributed by atoms with Gasteiger partial charge in [-0.3, -0.25) is 20.2 Å². The first kappa shape index (κ1) is 22.4. The third-order valence-electron chi connectivity index (χ3n) is 5.29. The molecule has 0 fully saturated rings. The fraction of sp³-hybridized carbons (Fsp3) is 0.368. The largest absolute Gasteiger partial charge is 0.394 e. The molecule has 0 aliphatic carbocycles. The third kappa shape index (κ3) is 4.14. The van der Waals surface area contributed by atoms with Crippen molar-refractivity contribution in [1.82, 2.24) is 0 Å². The molecular weight excluding hydrogens is 412 g/mol. The summed E-state index contributed by atoms with van der Waals surface area (Å²) in [6, 6.07) is 5.47. The summed E-state index contributed by atoms with van der Waals surface area (Å²) >= 11 is 0. The lowest BCUT2D eigenvalue weighted by atomic mass is 10.0. The Balaban J connectivity index is 2.20. The number of non-ortho nitro benzene ring substituents is 1. The fourth-order valence-electron chi connectivity index (χ4n) is 3.43. The molecule has 3 unspecified atom stereocenters. The summed E-state index contributed by atoms with van der Waals surface area (Å²) in [5, 5.41) is 65.2. The second-order valence-electron chi connectivity index (χ2n) is 7.37. The first-order valence-corrected chi connectivity index (χ1v) is 9.32. The molecule has 12 nitrogen and oxygen atoms in total. The zero-order valence-electron chi connectivity index (χ0n) is 16.7. The highest BCUT2D eigenvalue weighted by atomic mass is 16.6. The number of benzene rings is 2. The summed E-state index contributed by atoms with van der Waals surface area (Å²) in [4.78, 5) is 22.9. The van der Waals surface area contributed by atoms with E-state index in [9.17, 15) is 35.5 Å². The maximum absolute atomic E-state index is 11.6. The lowest BCUT2D eigenvalue weighted by Gasteiger charge is -2.36. The van der Waals surface area contributed by atoms with E-state index in [-0.39, 0.29) is 17.9 Å². The topological polar surface area (TPSA) is 182 Å². The molecule has 1 aliphatic heterocycles. The quantitative estimate of drug-likeness (QED) is 0.315. The molecule has 0 aromatic heterocycles. The molecule has 0 amide bonds. The number of nitro groups is 2. The van der Waals surface area contributed by atoms with E-state index < -0.39 is 46.1 Å². The molecule has 2 aromatic carbocycles. The van der Waals surface area contributed by atoms with Crippen molar-refractivity contribution in [2.75, 3.05) is 23.4 Å². The minimum absolute atomic E-state index is 0.00394. The van der Waals surface area contributed by atoms with Gasteiger partial charge in [-0.2, -0.15) is 0 Å². The van der Waals surface area contributed by atoms with Crippen LogP contribution in [0.1, 0.15) is 11.1 Å². The van der Waals surface area contributed by atoms with E-state index in [1.54, 1.807) is 12.1 Å². The Bertz CT molecular complexity index is 1040. The number of anilines is 4. The van der Waals surface area contributed by atoms with Crippen molar-refractivity contribution >= 4 is 34.1 Å². The number of aliphatic hydroxyl groups is 4. The van der Waals surface area contributed by atoms with Gasteiger partial charge in [0.15, 0.2) is 0 Å². The standard InChI is InChI=1S/C19H22N4O8/c1-9-3-12-13(4-10(9)2)21(7-16(25)19(27)17(26)8-24)14-5-11(22(28)29)6-15(23(30)31)18(14)20-12/h3-6,16-17,19-20,24-27H,7-8H2,1-2H3. The van der Waals surface area contributed by atoms with E-state index in [2.05, 4.69) is 5.32 Å². The van der Waals surface area contributed by atoms with Crippen molar-refractivity contribution in [1.29, 1.82) is 0 Å². The number of rotatable bonds is 7. The smallest absolute Gasteiger partial charge is 0.301 e. The first-order chi connectivity index (χ1) is 14.5. The zero-order valence-corrected chi connectivity index (χ0v) is 16.7. The Morgan fingerprint density at radius 2 is 1.61 bits per heavy atom. The SMILES string of the molecule is Cc1cc2c(cc1C)N(CC(O)C(O)C(O)CO)c1cc([N+](=O)[O-])cc([N+](=O)[O-])c1N2. The number of hydrogen-bond acceptors (Lipinski definition) is 10. The molecule has 0 radical (unpaired) electrons. The van der Waals surface area contributed by atoms with Crippen molar-refractivity contribution in [3.8, 4) is 0 Å². The molecular formula is C19H22N4O8. The van der Waals surface area contributed by atoms with Gasteiger partial charge in [-0.25, -0.2) is 0 Å². The van der Waals surface area contributed by atoms with E-state index in [1.807, 2.05) is 13.8 Å². The molecule has 1 heterocycles. The van der Waals surface area contributed by atoms with Gasteiger partial charge in [0.1, 0.15) is 24.0 Å². The van der Waals surface area contributed by atoms with Crippen molar-refractivity contribution in [3.63, 3.8) is 0 Å². The van der Waals surface area contributed by atoms with Gasteiger partial charge < -0.3 is 30.6 Å². The van der Waals surface area contributed by atoms with Crippen LogP contribution in [0.4, 0.5) is 34.1 Å². The Morgan fingerprint density at radius 1 is 0.968 bits per heavy atom. The van der Waals surface area contributed by atoms with E-state index in [0.717, 1.165) is 23.3 Å². The number of fused-ring (bicyclic) bond motifs is 2. The summed E-state index contributed by atoms with van der Waals surface area (Å²) in [5.74, 6) is 0. The van der Waals surface area contributed by atoms with Gasteiger partial charge >= 0.3 is 5.69 Å². The summed E-state index contributed by atoms with van der Waals surface area (Å²) in [5.41, 5.74) is 1.69. The predicted molar refractivity (Wildman–Crippen MR) is 111 cm³/mol. The van der Waals surface area contributed by atoms with Crippen molar-refractivity contribution < 1.29 is 30.3 Å². The molecule has 12 heteroatoms. The highest BCUT2D eigenvalue weighted by molar-refractivity contribution is 5.97. The normalized spacial score (nSPS) is 15.4. The Hall–Kier alpha value is -3.32. The van der Waals surface area contributed by atoms with Crippen LogP contribution in [0.3, 0.4) is 0 Å². The van der Waals surface area contributed by atoms with E-state index in [4.69, 9.17) is 5.11 Å². The zero-order chi connectivity index (χ0) is 23.0. The Kier molecular flexibility index (Phi) is 6.08. The molecule has 0 saturated carbocycles. The number of nitrogens with zero attached hydrogens (tertiary/aromatic N) is 3. The van der Waals surface area contributed by atoms with Gasteiger partial charge in [0, 0.05) is 6.07 Å². The van der Waals surface area contributed by atoms with Crippen molar-refractivity contribution in [2.24, 2.45) is 0 Å². The molecule has 31 heavy (non-hydrogen) atoms. The number of β-amino-alcohol motifs (C(OH)–C–C–N with tert-alkyl or cyclic N) is 1. The summed E-state index contributed by atoms with van der Waals surface area (Å²) in [6.45, 7) is 2.53. The van der Waals surface area contributed by atoms with Crippen LogP contribution >= 0.6 is 0 Å². The highest BCUT2D eigenvalue weighted by Gasteiger charge is 2.35. The summed E-state index contributed by atoms with van der Waals surface area (Å²) in [7, 11) is 0. The number of aryl methyl sites for hydroxylation is 2. The number of nitrogens with one attached hydrogen (secondary N) is 1. The fourth-order valence-corrected chi connectivity index (χ4v) is 3.43. The summed E-state index contributed by atoms with van der Waals surface area (Å²) in [6.07, 6.45) is -4.91. The van der Waals surface area contributed by atoms with Gasteiger partial charge in [0.05, 0.1) is 46.1 Å². The van der Waals surface area contributed by atoms with Crippen LogP contribution in [0.2, 0.25) is 0 Å². The third-order valence-corrected chi connectivity index (χ3v) is 5.29. The second-order valence-corrected chi connectivity index (χ2v) is 7.37. The van der Waals surface area contributed by atoms with E-state index in [1.165, 1.54) is 4.90 Å². The molecule has 3 atom stereocenters. The molecule has 5 N–H and O–H groups in total. The van der Waals surface area contributed by atoms with Crippen molar-refractivity contribution in [3.05, 3.63) is 55.6 Å². The molecule has 3 rings (SSSR count). The van der Waals surface area contributed by atoms with Crippen molar-refractivity contribution in [2.45, 2.75) is 32.2 Å². The maximum Gasteiger partial charge on any atom is 0.301 e. The van der Waals surface area contributed by atoms with Crippen LogP contribution in [0.15, 0.2) is 24.3 Å². The molecule has 166 valence electrons. The van der Waals surface area contributed by atoms with Gasteiger partial charge in [0.2, 0.25) is 0 Å². The Labute approximate surface area is 176 Å². The lowest BCUT2D eigenvalue weighted by molar-refractivity contribution is -0.393. The van der Waals surface area contributed by atoms with E-state index in [0.29, 0.717) is 11.4 Å². The second kappa shape index (κ2) is 8.43. The number of aliphatic hydroxyl groups excluding tert-OH is 4. The van der Waals surface area contributed by atoms with Gasteiger partial charge in [-0.1, -0.05) is 0 Å². The van der Waals surface area contributed by atoms with Crippen LogP contribution in [-0.2, 0) is 0 Å². The molecule has 2 aromatic rings. The molecule has 0 bridgehead atoms. The van der Waals surface area contributed by atoms with Crippen LogP contribution in [0.25, 0.3) is 0 Å². The number of hydrogen-bond donors (Lipinski definition) is 5. The summed E-state index contributed by atoms with van der Waals surface area (Å²) < 4.78 is 0. The van der Waals surface area contributed by atoms with Gasteiger partial charge in [0.25, 0.3) is 5.69 Å². The average molecular weight is 434 g/mol. The predicted octanol–water partition coefficient (Wildman–Crippen LogP) is 1.39. The molecule has 0 saturated heterocycles.